The predicted octanol–water partition coefficient (Wildman–Crippen LogP) is 2.71. The molecule has 1 aromatic carbocycles. The summed E-state index contributed by atoms with van der Waals surface area (Å²) in [4.78, 5) is 23.5. The average molecular weight is 323 g/mol. The maximum Gasteiger partial charge on any atom is 0.326 e. The first-order chi connectivity index (χ1) is 10.7. The molecule has 1 atom stereocenters. The van der Waals surface area contributed by atoms with Gasteiger partial charge < -0.3 is 19.9 Å². The Bertz CT molecular complexity index is 554. The lowest BCUT2D eigenvalue weighted by Crippen LogP contribution is -2.41. The third kappa shape index (κ3) is 5.81. The molecule has 23 heavy (non-hydrogen) atoms. The monoisotopic (exact) mass is 323 g/mol. The molecular weight excluding hydrogens is 298 g/mol. The summed E-state index contributed by atoms with van der Waals surface area (Å²) in [5.41, 5.74) is 0.327. The van der Waals surface area contributed by atoms with Crippen LogP contribution in [0.4, 0.5) is 0 Å². The Labute approximate surface area is 136 Å². The molecule has 128 valence electrons. The van der Waals surface area contributed by atoms with E-state index in [1.807, 2.05) is 27.7 Å². The third-order valence-electron chi connectivity index (χ3n) is 3.10. The molecule has 0 spiro atoms. The predicted molar refractivity (Wildman–Crippen MR) is 87.1 cm³/mol. The van der Waals surface area contributed by atoms with Crippen LogP contribution in [0, 0.1) is 5.92 Å². The van der Waals surface area contributed by atoms with Crippen LogP contribution in [0.25, 0.3) is 0 Å². The van der Waals surface area contributed by atoms with E-state index in [1.54, 1.807) is 18.2 Å². The highest BCUT2D eigenvalue weighted by molar-refractivity contribution is 5.97. The van der Waals surface area contributed by atoms with E-state index in [9.17, 15) is 14.7 Å². The number of carboxylic acid groups (broad SMARTS) is 1. The van der Waals surface area contributed by atoms with Gasteiger partial charge in [-0.1, -0.05) is 13.8 Å². The molecule has 0 aliphatic rings. The molecule has 2 N–H and O–H groups in total. The van der Waals surface area contributed by atoms with E-state index in [0.717, 1.165) is 0 Å². The Kier molecular flexibility index (Phi) is 6.88. The fourth-order valence-corrected chi connectivity index (χ4v) is 2.09. The van der Waals surface area contributed by atoms with Gasteiger partial charge in [-0.25, -0.2) is 4.79 Å². The lowest BCUT2D eigenvalue weighted by molar-refractivity contribution is -0.139. The van der Waals surface area contributed by atoms with Gasteiger partial charge in [-0.15, -0.1) is 0 Å². The van der Waals surface area contributed by atoms with Crippen LogP contribution in [0.1, 0.15) is 44.5 Å². The van der Waals surface area contributed by atoms with Crippen molar-refractivity contribution in [1.82, 2.24) is 5.32 Å². The summed E-state index contributed by atoms with van der Waals surface area (Å²) in [5, 5.41) is 11.7. The molecule has 1 rings (SSSR count). The number of carbonyl (C=O) groups is 2. The minimum Gasteiger partial charge on any atom is -0.493 e. The van der Waals surface area contributed by atoms with Gasteiger partial charge in [0.05, 0.1) is 13.2 Å². The van der Waals surface area contributed by atoms with Crippen molar-refractivity contribution in [2.24, 2.45) is 5.92 Å². The molecule has 0 aliphatic heterocycles. The van der Waals surface area contributed by atoms with Crippen molar-refractivity contribution in [3.8, 4) is 11.5 Å². The second-order valence-corrected chi connectivity index (χ2v) is 6.03. The van der Waals surface area contributed by atoms with Gasteiger partial charge in [0, 0.05) is 5.56 Å². The second kappa shape index (κ2) is 8.41. The first kappa shape index (κ1) is 18.8. The van der Waals surface area contributed by atoms with E-state index in [2.05, 4.69) is 5.32 Å². The van der Waals surface area contributed by atoms with Gasteiger partial charge in [-0.3, -0.25) is 4.79 Å². The van der Waals surface area contributed by atoms with Crippen molar-refractivity contribution >= 4 is 11.9 Å². The van der Waals surface area contributed by atoms with Gasteiger partial charge in [-0.05, 0) is 44.4 Å². The fraction of sp³-hybridized carbons (Fsp3) is 0.529. The van der Waals surface area contributed by atoms with E-state index in [-0.39, 0.29) is 12.0 Å². The lowest BCUT2D eigenvalue weighted by Gasteiger charge is -2.17. The normalized spacial score (nSPS) is 12.1. The molecule has 0 unspecified atom stereocenters. The zero-order valence-corrected chi connectivity index (χ0v) is 14.3. The molecule has 0 saturated heterocycles. The maximum absolute atomic E-state index is 12.3. The standard InChI is InChI=1S/C17H25NO5/c1-10(2)8-13(17(20)21)18-16(19)12-6-7-14(23-11(3)4)15(9-12)22-5/h6-7,9-11,13H,8H2,1-5H3,(H,18,19)(H,20,21)/t13-/m1/s1. The number of carbonyl (C=O) groups excluding carboxylic acids is 1. The number of rotatable bonds is 8. The van der Waals surface area contributed by atoms with Crippen LogP contribution < -0.4 is 14.8 Å². The zero-order chi connectivity index (χ0) is 17.6. The van der Waals surface area contributed by atoms with Crippen LogP contribution in [0.2, 0.25) is 0 Å². The number of methoxy groups -OCH3 is 1. The highest BCUT2D eigenvalue weighted by Gasteiger charge is 2.22. The molecule has 6 nitrogen and oxygen atoms in total. The largest absolute Gasteiger partial charge is 0.493 e. The van der Waals surface area contributed by atoms with Gasteiger partial charge in [0.1, 0.15) is 6.04 Å². The summed E-state index contributed by atoms with van der Waals surface area (Å²) in [5.74, 6) is -0.364. The summed E-state index contributed by atoms with van der Waals surface area (Å²) in [6, 6.07) is 3.86. The topological polar surface area (TPSA) is 84.9 Å². The molecule has 0 aromatic heterocycles. The van der Waals surface area contributed by atoms with Crippen molar-refractivity contribution in [2.75, 3.05) is 7.11 Å². The SMILES string of the molecule is COc1cc(C(=O)N[C@H](CC(C)C)C(=O)O)ccc1OC(C)C. The minimum absolute atomic E-state index is 0.0222. The Morgan fingerprint density at radius 2 is 1.83 bits per heavy atom. The van der Waals surface area contributed by atoms with Crippen molar-refractivity contribution in [1.29, 1.82) is 0 Å². The van der Waals surface area contributed by atoms with E-state index in [1.165, 1.54) is 7.11 Å². The smallest absolute Gasteiger partial charge is 0.326 e. The molecule has 0 heterocycles. The van der Waals surface area contributed by atoms with Crippen LogP contribution >= 0.6 is 0 Å². The van der Waals surface area contributed by atoms with Crippen molar-refractivity contribution in [3.63, 3.8) is 0 Å². The van der Waals surface area contributed by atoms with E-state index >= 15 is 0 Å². The van der Waals surface area contributed by atoms with E-state index < -0.39 is 17.9 Å². The maximum atomic E-state index is 12.3. The summed E-state index contributed by atoms with van der Waals surface area (Å²) in [6.07, 6.45) is 0.346. The van der Waals surface area contributed by atoms with Gasteiger partial charge in [0.15, 0.2) is 11.5 Å². The van der Waals surface area contributed by atoms with Crippen LogP contribution in [0.5, 0.6) is 11.5 Å². The number of hydrogen-bond donors (Lipinski definition) is 2. The molecule has 0 saturated carbocycles. The molecule has 6 heteroatoms. The van der Waals surface area contributed by atoms with Crippen LogP contribution in [0.15, 0.2) is 18.2 Å². The van der Waals surface area contributed by atoms with Crippen molar-refractivity contribution in [3.05, 3.63) is 23.8 Å². The summed E-state index contributed by atoms with van der Waals surface area (Å²) >= 11 is 0. The highest BCUT2D eigenvalue weighted by Crippen LogP contribution is 2.29. The van der Waals surface area contributed by atoms with Crippen molar-refractivity contribution < 1.29 is 24.2 Å². The summed E-state index contributed by atoms with van der Waals surface area (Å²) < 4.78 is 10.8. The molecule has 0 aliphatic carbocycles. The second-order valence-electron chi connectivity index (χ2n) is 6.03. The first-order valence-corrected chi connectivity index (χ1v) is 7.63. The molecule has 1 aromatic rings. The third-order valence-corrected chi connectivity index (χ3v) is 3.10. The number of amides is 1. The molecule has 0 fully saturated rings. The van der Waals surface area contributed by atoms with Crippen molar-refractivity contribution in [2.45, 2.75) is 46.3 Å². The van der Waals surface area contributed by atoms with Crippen LogP contribution in [0.3, 0.4) is 0 Å². The molecular formula is C17H25NO5. The minimum atomic E-state index is -1.04. The molecule has 0 bridgehead atoms. The van der Waals surface area contributed by atoms with Crippen LogP contribution in [-0.2, 0) is 4.79 Å². The number of benzene rings is 1. The summed E-state index contributed by atoms with van der Waals surface area (Å²) in [7, 11) is 1.49. The highest BCUT2D eigenvalue weighted by atomic mass is 16.5. The van der Waals surface area contributed by atoms with Gasteiger partial charge in [0.25, 0.3) is 5.91 Å². The summed E-state index contributed by atoms with van der Waals surface area (Å²) in [6.45, 7) is 7.60. The van der Waals surface area contributed by atoms with Crippen LogP contribution in [-0.4, -0.2) is 36.2 Å². The van der Waals surface area contributed by atoms with Gasteiger partial charge >= 0.3 is 5.97 Å². The Hall–Kier alpha value is -2.24. The Balaban J connectivity index is 2.92. The Morgan fingerprint density at radius 3 is 2.30 bits per heavy atom. The molecule has 0 radical (unpaired) electrons. The quantitative estimate of drug-likeness (QED) is 0.768. The van der Waals surface area contributed by atoms with Gasteiger partial charge in [-0.2, -0.15) is 0 Å². The number of nitrogens with one attached hydrogen (secondary N) is 1. The number of carboxylic acids is 1. The van der Waals surface area contributed by atoms with E-state index in [4.69, 9.17) is 9.47 Å². The van der Waals surface area contributed by atoms with E-state index in [0.29, 0.717) is 23.5 Å². The number of hydrogen-bond acceptors (Lipinski definition) is 4. The van der Waals surface area contributed by atoms with Gasteiger partial charge in [0.2, 0.25) is 0 Å². The lowest BCUT2D eigenvalue weighted by atomic mass is 10.0. The molecule has 1 amide bonds. The fourth-order valence-electron chi connectivity index (χ4n) is 2.09. The average Bonchev–Trinajstić information content (AvgIpc) is 2.45. The zero-order valence-electron chi connectivity index (χ0n) is 14.3. The Morgan fingerprint density at radius 1 is 1.17 bits per heavy atom. The first-order valence-electron chi connectivity index (χ1n) is 7.63. The number of ether oxygens (including phenoxy) is 2. The number of aliphatic carboxylic acids is 1.